The maximum Gasteiger partial charge on any atom is 0.0750 e. The largest absolute Gasteiger partial charge is 0.376 e. The zero-order valence-corrected chi connectivity index (χ0v) is 12.0. The highest BCUT2D eigenvalue weighted by molar-refractivity contribution is 6.17. The SMILES string of the molecule is CCN(CC1CCCO1)c1ccc(CCl)cc1C. The molecular weight excluding hydrogens is 246 g/mol. The first kappa shape index (κ1) is 13.7. The summed E-state index contributed by atoms with van der Waals surface area (Å²) in [5.74, 6) is 0.582. The average Bonchev–Trinajstić information content (AvgIpc) is 2.89. The highest BCUT2D eigenvalue weighted by Crippen LogP contribution is 2.24. The van der Waals surface area contributed by atoms with Crippen LogP contribution in [0.4, 0.5) is 5.69 Å². The number of hydrogen-bond acceptors (Lipinski definition) is 2. The van der Waals surface area contributed by atoms with Crippen molar-refractivity contribution in [3.63, 3.8) is 0 Å². The molecule has 0 spiro atoms. The lowest BCUT2D eigenvalue weighted by molar-refractivity contribution is 0.115. The van der Waals surface area contributed by atoms with E-state index in [4.69, 9.17) is 16.3 Å². The minimum Gasteiger partial charge on any atom is -0.376 e. The van der Waals surface area contributed by atoms with Crippen LogP contribution >= 0.6 is 11.6 Å². The molecule has 1 saturated heterocycles. The van der Waals surface area contributed by atoms with E-state index in [0.29, 0.717) is 12.0 Å². The van der Waals surface area contributed by atoms with Crippen LogP contribution < -0.4 is 4.90 Å². The summed E-state index contributed by atoms with van der Waals surface area (Å²) in [6.07, 6.45) is 2.79. The third-order valence-corrected chi connectivity index (χ3v) is 3.89. The monoisotopic (exact) mass is 267 g/mol. The molecule has 0 amide bonds. The maximum atomic E-state index is 5.87. The Bertz CT molecular complexity index is 388. The summed E-state index contributed by atoms with van der Waals surface area (Å²) >= 11 is 5.87. The van der Waals surface area contributed by atoms with Crippen LogP contribution in [0.25, 0.3) is 0 Å². The molecule has 0 aromatic heterocycles. The first-order chi connectivity index (χ1) is 8.74. The van der Waals surface area contributed by atoms with Gasteiger partial charge in [0.25, 0.3) is 0 Å². The molecule has 1 aliphatic heterocycles. The fourth-order valence-corrected chi connectivity index (χ4v) is 2.75. The van der Waals surface area contributed by atoms with Crippen LogP contribution in [0.15, 0.2) is 18.2 Å². The summed E-state index contributed by atoms with van der Waals surface area (Å²) in [7, 11) is 0. The molecule has 18 heavy (non-hydrogen) atoms. The Morgan fingerprint density at radius 3 is 2.83 bits per heavy atom. The molecule has 1 aromatic rings. The van der Waals surface area contributed by atoms with Crippen molar-refractivity contribution in [1.82, 2.24) is 0 Å². The van der Waals surface area contributed by atoms with Crippen LogP contribution in [0.1, 0.15) is 30.9 Å². The summed E-state index contributed by atoms with van der Waals surface area (Å²) in [6, 6.07) is 6.49. The Kier molecular flexibility index (Phi) is 4.90. The van der Waals surface area contributed by atoms with Gasteiger partial charge in [0.15, 0.2) is 0 Å². The summed E-state index contributed by atoms with van der Waals surface area (Å²) in [4.78, 5) is 2.41. The van der Waals surface area contributed by atoms with Crippen LogP contribution in [0.3, 0.4) is 0 Å². The van der Waals surface area contributed by atoms with Crippen LogP contribution in [0, 0.1) is 6.92 Å². The molecule has 0 bridgehead atoms. The Morgan fingerprint density at radius 1 is 1.44 bits per heavy atom. The number of likely N-dealkylation sites (N-methyl/N-ethyl adjacent to an activating group) is 1. The lowest BCUT2D eigenvalue weighted by atomic mass is 10.1. The molecule has 0 N–H and O–H groups in total. The lowest BCUT2D eigenvalue weighted by Crippen LogP contribution is -2.32. The summed E-state index contributed by atoms with van der Waals surface area (Å²) < 4.78 is 5.73. The van der Waals surface area contributed by atoms with Crippen molar-refractivity contribution in [2.24, 2.45) is 0 Å². The average molecular weight is 268 g/mol. The predicted octanol–water partition coefficient (Wildman–Crippen LogP) is 3.74. The van der Waals surface area contributed by atoms with Crippen molar-refractivity contribution in [3.8, 4) is 0 Å². The summed E-state index contributed by atoms with van der Waals surface area (Å²) in [5, 5.41) is 0. The normalized spacial score (nSPS) is 19.2. The lowest BCUT2D eigenvalue weighted by Gasteiger charge is -2.27. The molecule has 1 fully saturated rings. The number of anilines is 1. The second-order valence-electron chi connectivity index (χ2n) is 4.93. The molecule has 1 atom stereocenters. The van der Waals surface area contributed by atoms with Gasteiger partial charge in [-0.2, -0.15) is 0 Å². The van der Waals surface area contributed by atoms with Crippen molar-refractivity contribution in [3.05, 3.63) is 29.3 Å². The molecule has 1 unspecified atom stereocenters. The van der Waals surface area contributed by atoms with Crippen LogP contribution in [-0.2, 0) is 10.6 Å². The Labute approximate surface area is 115 Å². The number of halogens is 1. The van der Waals surface area contributed by atoms with Gasteiger partial charge in [0.2, 0.25) is 0 Å². The maximum absolute atomic E-state index is 5.87. The van der Waals surface area contributed by atoms with E-state index in [1.54, 1.807) is 0 Å². The van der Waals surface area contributed by atoms with Gasteiger partial charge in [0.05, 0.1) is 6.10 Å². The summed E-state index contributed by atoms with van der Waals surface area (Å²) in [6.45, 7) is 7.29. The molecule has 0 saturated carbocycles. The zero-order chi connectivity index (χ0) is 13.0. The number of aryl methyl sites for hydroxylation is 1. The van der Waals surface area contributed by atoms with E-state index >= 15 is 0 Å². The number of hydrogen-bond donors (Lipinski definition) is 0. The number of alkyl halides is 1. The van der Waals surface area contributed by atoms with Gasteiger partial charge in [-0.15, -0.1) is 11.6 Å². The third kappa shape index (κ3) is 3.18. The first-order valence-corrected chi connectivity index (χ1v) is 7.30. The number of nitrogens with zero attached hydrogens (tertiary/aromatic N) is 1. The van der Waals surface area contributed by atoms with Crippen molar-refractivity contribution < 1.29 is 4.74 Å². The molecule has 0 radical (unpaired) electrons. The fraction of sp³-hybridized carbons (Fsp3) is 0.600. The van der Waals surface area contributed by atoms with Gasteiger partial charge in [0.1, 0.15) is 0 Å². The molecular formula is C15H22ClNO. The topological polar surface area (TPSA) is 12.5 Å². The van der Waals surface area contributed by atoms with E-state index in [9.17, 15) is 0 Å². The standard InChI is InChI=1S/C15H22ClNO/c1-3-17(11-14-5-4-8-18-14)15-7-6-13(10-16)9-12(15)2/h6-7,9,14H,3-5,8,10-11H2,1-2H3. The van der Waals surface area contributed by atoms with Crippen LogP contribution in [0.2, 0.25) is 0 Å². The van der Waals surface area contributed by atoms with Gasteiger partial charge in [-0.25, -0.2) is 0 Å². The highest BCUT2D eigenvalue weighted by Gasteiger charge is 2.19. The highest BCUT2D eigenvalue weighted by atomic mass is 35.5. The Morgan fingerprint density at radius 2 is 2.28 bits per heavy atom. The van der Waals surface area contributed by atoms with Gasteiger partial charge in [-0.1, -0.05) is 12.1 Å². The van der Waals surface area contributed by atoms with Crippen LogP contribution in [0.5, 0.6) is 0 Å². The van der Waals surface area contributed by atoms with Crippen LogP contribution in [-0.4, -0.2) is 25.8 Å². The molecule has 1 heterocycles. The van der Waals surface area contributed by atoms with Gasteiger partial charge in [-0.05, 0) is 43.9 Å². The first-order valence-electron chi connectivity index (χ1n) is 6.76. The fourth-order valence-electron chi connectivity index (χ4n) is 2.59. The molecule has 2 rings (SSSR count). The minimum absolute atomic E-state index is 0.400. The van der Waals surface area contributed by atoms with E-state index < -0.39 is 0 Å². The number of rotatable bonds is 5. The smallest absolute Gasteiger partial charge is 0.0750 e. The minimum atomic E-state index is 0.400. The molecule has 3 heteroatoms. The predicted molar refractivity (Wildman–Crippen MR) is 77.6 cm³/mol. The second kappa shape index (κ2) is 6.44. The van der Waals surface area contributed by atoms with E-state index in [0.717, 1.165) is 19.7 Å². The van der Waals surface area contributed by atoms with E-state index in [-0.39, 0.29) is 0 Å². The van der Waals surface area contributed by atoms with E-state index in [1.165, 1.54) is 29.7 Å². The van der Waals surface area contributed by atoms with E-state index in [1.807, 2.05) is 0 Å². The van der Waals surface area contributed by atoms with Crippen molar-refractivity contribution in [2.75, 3.05) is 24.6 Å². The van der Waals surface area contributed by atoms with Gasteiger partial charge in [-0.3, -0.25) is 0 Å². The van der Waals surface area contributed by atoms with Gasteiger partial charge in [0, 0.05) is 31.3 Å². The molecule has 0 aliphatic carbocycles. The second-order valence-corrected chi connectivity index (χ2v) is 5.20. The molecule has 1 aliphatic rings. The number of benzene rings is 1. The number of ether oxygens (including phenoxy) is 1. The van der Waals surface area contributed by atoms with Gasteiger partial charge < -0.3 is 9.64 Å². The van der Waals surface area contributed by atoms with Crippen molar-refractivity contribution in [2.45, 2.75) is 38.7 Å². The van der Waals surface area contributed by atoms with Gasteiger partial charge >= 0.3 is 0 Å². The Hall–Kier alpha value is -0.730. The molecule has 2 nitrogen and oxygen atoms in total. The van der Waals surface area contributed by atoms with Crippen molar-refractivity contribution in [1.29, 1.82) is 0 Å². The molecule has 1 aromatic carbocycles. The van der Waals surface area contributed by atoms with E-state index in [2.05, 4.69) is 36.9 Å². The quantitative estimate of drug-likeness (QED) is 0.754. The van der Waals surface area contributed by atoms with Crippen molar-refractivity contribution >= 4 is 17.3 Å². The molecule has 100 valence electrons. The third-order valence-electron chi connectivity index (χ3n) is 3.59. The zero-order valence-electron chi connectivity index (χ0n) is 11.3. The Balaban J connectivity index is 2.10. The summed E-state index contributed by atoms with van der Waals surface area (Å²) in [5.41, 5.74) is 3.79.